The molecule has 0 radical (unpaired) electrons. The molecule has 1 aliphatic carbocycles. The quantitative estimate of drug-likeness (QED) is 0.785. The second kappa shape index (κ2) is 4.78. The number of aliphatic hydroxyl groups is 1. The van der Waals surface area contributed by atoms with Gasteiger partial charge in [-0.25, -0.2) is 0 Å². The highest BCUT2D eigenvalue weighted by molar-refractivity contribution is 5.05. The number of aromatic nitrogens is 2. The van der Waals surface area contributed by atoms with Crippen LogP contribution in [0.2, 0.25) is 0 Å². The van der Waals surface area contributed by atoms with Gasteiger partial charge in [0, 0.05) is 17.9 Å². The molecule has 1 saturated carbocycles. The highest BCUT2D eigenvalue weighted by atomic mass is 16.3. The molecule has 4 nitrogen and oxygen atoms in total. The monoisotopic (exact) mass is 237 g/mol. The predicted molar refractivity (Wildman–Crippen MR) is 67.8 cm³/mol. The van der Waals surface area contributed by atoms with Crippen molar-refractivity contribution in [2.75, 3.05) is 6.61 Å². The maximum absolute atomic E-state index is 9.82. The summed E-state index contributed by atoms with van der Waals surface area (Å²) < 4.78 is 1.99. The van der Waals surface area contributed by atoms with Crippen LogP contribution >= 0.6 is 0 Å². The molecule has 0 aromatic carbocycles. The second-order valence-electron chi connectivity index (χ2n) is 5.52. The molecule has 1 atom stereocenters. The van der Waals surface area contributed by atoms with Gasteiger partial charge in [-0.2, -0.15) is 5.10 Å². The van der Waals surface area contributed by atoms with Gasteiger partial charge in [-0.15, -0.1) is 0 Å². The lowest BCUT2D eigenvalue weighted by atomic mass is 9.93. The highest BCUT2D eigenvalue weighted by Crippen LogP contribution is 2.40. The lowest BCUT2D eigenvalue weighted by molar-refractivity contribution is 0.109. The van der Waals surface area contributed by atoms with Crippen molar-refractivity contribution < 1.29 is 5.11 Å². The van der Waals surface area contributed by atoms with Crippen LogP contribution in [0.1, 0.15) is 32.4 Å². The number of rotatable bonds is 6. The van der Waals surface area contributed by atoms with E-state index in [-0.39, 0.29) is 12.1 Å². The summed E-state index contributed by atoms with van der Waals surface area (Å²) in [4.78, 5) is 0. The molecule has 1 aromatic rings. The Labute approximate surface area is 103 Å². The first-order valence-corrected chi connectivity index (χ1v) is 6.44. The van der Waals surface area contributed by atoms with Crippen molar-refractivity contribution in [2.45, 2.75) is 51.7 Å². The van der Waals surface area contributed by atoms with E-state index in [2.05, 4.69) is 31.2 Å². The molecule has 0 spiro atoms. The minimum atomic E-state index is -0.203. The van der Waals surface area contributed by atoms with Crippen LogP contribution in [0.4, 0.5) is 0 Å². The van der Waals surface area contributed by atoms with Crippen molar-refractivity contribution >= 4 is 0 Å². The second-order valence-corrected chi connectivity index (χ2v) is 5.52. The minimum Gasteiger partial charge on any atom is -0.394 e. The summed E-state index contributed by atoms with van der Waals surface area (Å²) in [5.41, 5.74) is 0.944. The molecule has 96 valence electrons. The molecule has 2 rings (SSSR count). The molecule has 0 amide bonds. The van der Waals surface area contributed by atoms with E-state index in [0.29, 0.717) is 12.0 Å². The standard InChI is InChI=1S/C13H23N3O/c1-10(2)15-13(9-17,12-4-5-12)8-16-11(3)6-7-14-16/h6-7,10,12,15,17H,4-5,8-9H2,1-3H3. The number of aliphatic hydroxyl groups excluding tert-OH is 1. The first-order chi connectivity index (χ1) is 8.07. The van der Waals surface area contributed by atoms with E-state index in [4.69, 9.17) is 0 Å². The summed E-state index contributed by atoms with van der Waals surface area (Å²) in [5.74, 6) is 0.582. The maximum atomic E-state index is 9.82. The van der Waals surface area contributed by atoms with Gasteiger partial charge in [-0.3, -0.25) is 4.68 Å². The number of hydrogen-bond acceptors (Lipinski definition) is 3. The van der Waals surface area contributed by atoms with Crippen molar-refractivity contribution in [3.63, 3.8) is 0 Å². The van der Waals surface area contributed by atoms with Gasteiger partial charge in [0.25, 0.3) is 0 Å². The molecule has 1 heterocycles. The molecule has 17 heavy (non-hydrogen) atoms. The zero-order chi connectivity index (χ0) is 12.5. The van der Waals surface area contributed by atoms with Gasteiger partial charge in [-0.05, 0) is 31.7 Å². The van der Waals surface area contributed by atoms with Gasteiger partial charge >= 0.3 is 0 Å². The highest BCUT2D eigenvalue weighted by Gasteiger charge is 2.45. The Morgan fingerprint density at radius 3 is 2.71 bits per heavy atom. The van der Waals surface area contributed by atoms with Gasteiger partial charge in [0.2, 0.25) is 0 Å². The van der Waals surface area contributed by atoms with E-state index < -0.39 is 0 Å². The SMILES string of the molecule is Cc1ccnn1CC(CO)(NC(C)C)C1CC1. The van der Waals surface area contributed by atoms with E-state index in [1.54, 1.807) is 0 Å². The summed E-state index contributed by atoms with van der Waals surface area (Å²) >= 11 is 0. The van der Waals surface area contributed by atoms with Crippen LogP contribution < -0.4 is 5.32 Å². The van der Waals surface area contributed by atoms with Crippen LogP contribution in [-0.4, -0.2) is 33.1 Å². The van der Waals surface area contributed by atoms with Gasteiger partial charge in [0.1, 0.15) is 0 Å². The van der Waals surface area contributed by atoms with Crippen LogP contribution in [0.5, 0.6) is 0 Å². The van der Waals surface area contributed by atoms with Crippen molar-refractivity contribution in [1.29, 1.82) is 0 Å². The Hall–Kier alpha value is -0.870. The van der Waals surface area contributed by atoms with E-state index in [9.17, 15) is 5.11 Å². The lowest BCUT2D eigenvalue weighted by Crippen LogP contribution is -2.56. The van der Waals surface area contributed by atoms with E-state index in [1.165, 1.54) is 12.8 Å². The van der Waals surface area contributed by atoms with Crippen LogP contribution in [0.25, 0.3) is 0 Å². The summed E-state index contributed by atoms with van der Waals surface area (Å²) in [5, 5.41) is 17.7. The molecule has 1 unspecified atom stereocenters. The fraction of sp³-hybridized carbons (Fsp3) is 0.769. The maximum Gasteiger partial charge on any atom is 0.0643 e. The van der Waals surface area contributed by atoms with Crippen molar-refractivity contribution in [1.82, 2.24) is 15.1 Å². The van der Waals surface area contributed by atoms with Gasteiger partial charge in [0.05, 0.1) is 18.7 Å². The topological polar surface area (TPSA) is 50.1 Å². The third kappa shape index (κ3) is 2.69. The largest absolute Gasteiger partial charge is 0.394 e. The molecule has 0 aliphatic heterocycles. The summed E-state index contributed by atoms with van der Waals surface area (Å²) in [6, 6.07) is 2.38. The first-order valence-electron chi connectivity index (χ1n) is 6.44. The zero-order valence-corrected chi connectivity index (χ0v) is 11.0. The number of nitrogens with one attached hydrogen (secondary N) is 1. The first kappa shape index (κ1) is 12.6. The average Bonchev–Trinajstić information content (AvgIpc) is 3.04. The van der Waals surface area contributed by atoms with Crippen LogP contribution in [0.3, 0.4) is 0 Å². The van der Waals surface area contributed by atoms with Crippen molar-refractivity contribution in [3.8, 4) is 0 Å². The molecule has 1 fully saturated rings. The molecule has 4 heteroatoms. The minimum absolute atomic E-state index is 0.176. The molecule has 0 saturated heterocycles. The van der Waals surface area contributed by atoms with E-state index in [1.807, 2.05) is 16.9 Å². The zero-order valence-electron chi connectivity index (χ0n) is 11.0. The molecular formula is C13H23N3O. The molecule has 1 aliphatic rings. The fourth-order valence-corrected chi connectivity index (χ4v) is 2.56. The Bertz CT molecular complexity index is 370. The van der Waals surface area contributed by atoms with Crippen molar-refractivity contribution in [3.05, 3.63) is 18.0 Å². The summed E-state index contributed by atoms with van der Waals surface area (Å²) in [7, 11) is 0. The molecule has 1 aromatic heterocycles. The Morgan fingerprint density at radius 1 is 1.59 bits per heavy atom. The van der Waals surface area contributed by atoms with Gasteiger partial charge in [-0.1, -0.05) is 13.8 Å². The normalized spacial score (nSPS) is 19.6. The van der Waals surface area contributed by atoms with Crippen LogP contribution in [-0.2, 0) is 6.54 Å². The lowest BCUT2D eigenvalue weighted by Gasteiger charge is -2.35. The Kier molecular flexibility index (Phi) is 3.54. The van der Waals surface area contributed by atoms with Gasteiger partial charge in [0.15, 0.2) is 0 Å². The number of hydrogen-bond donors (Lipinski definition) is 2. The third-order valence-corrected chi connectivity index (χ3v) is 3.58. The van der Waals surface area contributed by atoms with Crippen molar-refractivity contribution in [2.24, 2.45) is 5.92 Å². The van der Waals surface area contributed by atoms with E-state index >= 15 is 0 Å². The fourth-order valence-electron chi connectivity index (χ4n) is 2.56. The molecule has 0 bridgehead atoms. The smallest absolute Gasteiger partial charge is 0.0643 e. The number of aryl methyl sites for hydroxylation is 1. The average molecular weight is 237 g/mol. The Morgan fingerprint density at radius 2 is 2.29 bits per heavy atom. The van der Waals surface area contributed by atoms with Crippen LogP contribution in [0, 0.1) is 12.8 Å². The predicted octanol–water partition coefficient (Wildman–Crippen LogP) is 1.33. The van der Waals surface area contributed by atoms with Crippen LogP contribution in [0.15, 0.2) is 12.3 Å². The summed E-state index contributed by atoms with van der Waals surface area (Å²) in [6.45, 7) is 7.24. The number of nitrogens with zero attached hydrogens (tertiary/aromatic N) is 2. The molecular weight excluding hydrogens is 214 g/mol. The Balaban J connectivity index is 2.17. The van der Waals surface area contributed by atoms with E-state index in [0.717, 1.165) is 12.2 Å². The summed E-state index contributed by atoms with van der Waals surface area (Å²) in [6.07, 6.45) is 4.24. The molecule has 2 N–H and O–H groups in total. The third-order valence-electron chi connectivity index (χ3n) is 3.58. The van der Waals surface area contributed by atoms with Gasteiger partial charge < -0.3 is 10.4 Å².